The zero-order valence-corrected chi connectivity index (χ0v) is 12.0. The molecular formula is C17H19NO3. The summed E-state index contributed by atoms with van der Waals surface area (Å²) in [7, 11) is 1.38. The van der Waals surface area contributed by atoms with Crippen LogP contribution in [0.15, 0.2) is 54.6 Å². The fourth-order valence-electron chi connectivity index (χ4n) is 1.87. The fourth-order valence-corrected chi connectivity index (χ4v) is 1.87. The van der Waals surface area contributed by atoms with E-state index in [4.69, 9.17) is 4.74 Å². The smallest absolute Gasteiger partial charge is 0.337 e. The second kappa shape index (κ2) is 8.07. The number of hydrogen-bond acceptors (Lipinski definition) is 4. The lowest BCUT2D eigenvalue weighted by atomic mass is 10.1. The first-order valence-corrected chi connectivity index (χ1v) is 6.85. The van der Waals surface area contributed by atoms with Gasteiger partial charge < -0.3 is 14.8 Å². The predicted octanol–water partition coefficient (Wildman–Crippen LogP) is 2.64. The van der Waals surface area contributed by atoms with Gasteiger partial charge in [0, 0.05) is 13.1 Å². The van der Waals surface area contributed by atoms with Gasteiger partial charge in [0.05, 0.1) is 12.7 Å². The standard InChI is InChI=1S/C17H19NO3/c1-20-17(19)15-9-7-14(8-10-15)13-18-11-12-21-16-5-3-2-4-6-16/h2-10,18H,11-13H2,1H3. The molecule has 0 atom stereocenters. The van der Waals surface area contributed by atoms with E-state index in [0.717, 1.165) is 24.4 Å². The summed E-state index contributed by atoms with van der Waals surface area (Å²) in [6.45, 7) is 2.11. The third-order valence-corrected chi connectivity index (χ3v) is 2.99. The van der Waals surface area contributed by atoms with Crippen molar-refractivity contribution in [2.45, 2.75) is 6.54 Å². The van der Waals surface area contributed by atoms with Crippen molar-refractivity contribution >= 4 is 5.97 Å². The van der Waals surface area contributed by atoms with Crippen molar-refractivity contribution in [3.63, 3.8) is 0 Å². The Hall–Kier alpha value is -2.33. The summed E-state index contributed by atoms with van der Waals surface area (Å²) in [5.74, 6) is 0.563. The van der Waals surface area contributed by atoms with Gasteiger partial charge in [-0.3, -0.25) is 0 Å². The molecule has 0 saturated carbocycles. The Morgan fingerprint density at radius 1 is 1.05 bits per heavy atom. The van der Waals surface area contributed by atoms with E-state index in [1.807, 2.05) is 42.5 Å². The van der Waals surface area contributed by atoms with Crippen molar-refractivity contribution in [1.82, 2.24) is 5.32 Å². The lowest BCUT2D eigenvalue weighted by Crippen LogP contribution is -2.20. The molecular weight excluding hydrogens is 266 g/mol. The van der Waals surface area contributed by atoms with E-state index in [-0.39, 0.29) is 5.97 Å². The number of nitrogens with one attached hydrogen (secondary N) is 1. The molecule has 2 rings (SSSR count). The van der Waals surface area contributed by atoms with Crippen LogP contribution in [0, 0.1) is 0 Å². The number of carbonyl (C=O) groups excluding carboxylic acids is 1. The number of para-hydroxylation sites is 1. The van der Waals surface area contributed by atoms with Gasteiger partial charge >= 0.3 is 5.97 Å². The Balaban J connectivity index is 1.68. The first kappa shape index (κ1) is 15.1. The van der Waals surface area contributed by atoms with Gasteiger partial charge in [-0.05, 0) is 29.8 Å². The third-order valence-electron chi connectivity index (χ3n) is 2.99. The number of hydrogen-bond donors (Lipinski definition) is 1. The SMILES string of the molecule is COC(=O)c1ccc(CNCCOc2ccccc2)cc1. The fraction of sp³-hybridized carbons (Fsp3) is 0.235. The number of esters is 1. The predicted molar refractivity (Wildman–Crippen MR) is 81.4 cm³/mol. The zero-order chi connectivity index (χ0) is 14.9. The molecule has 0 radical (unpaired) electrons. The molecule has 0 fully saturated rings. The molecule has 21 heavy (non-hydrogen) atoms. The van der Waals surface area contributed by atoms with Crippen molar-refractivity contribution in [3.05, 3.63) is 65.7 Å². The lowest BCUT2D eigenvalue weighted by Gasteiger charge is -2.08. The highest BCUT2D eigenvalue weighted by Gasteiger charge is 2.03. The summed E-state index contributed by atoms with van der Waals surface area (Å²) in [4.78, 5) is 11.3. The third kappa shape index (κ3) is 4.93. The minimum atomic E-state index is -0.314. The molecule has 0 aromatic heterocycles. The lowest BCUT2D eigenvalue weighted by molar-refractivity contribution is 0.0600. The Labute approximate surface area is 124 Å². The van der Waals surface area contributed by atoms with Crippen molar-refractivity contribution in [3.8, 4) is 5.75 Å². The molecule has 0 aliphatic heterocycles. The highest BCUT2D eigenvalue weighted by Crippen LogP contribution is 2.08. The van der Waals surface area contributed by atoms with Crippen LogP contribution in [0.25, 0.3) is 0 Å². The van der Waals surface area contributed by atoms with Crippen LogP contribution in [-0.4, -0.2) is 26.2 Å². The molecule has 0 unspecified atom stereocenters. The molecule has 2 aromatic carbocycles. The molecule has 0 saturated heterocycles. The minimum absolute atomic E-state index is 0.314. The van der Waals surface area contributed by atoms with Gasteiger partial charge in [0.1, 0.15) is 12.4 Å². The summed E-state index contributed by atoms with van der Waals surface area (Å²) < 4.78 is 10.2. The summed E-state index contributed by atoms with van der Waals surface area (Å²) in [5.41, 5.74) is 1.68. The first-order valence-electron chi connectivity index (χ1n) is 6.85. The maximum atomic E-state index is 11.3. The molecule has 0 amide bonds. The zero-order valence-electron chi connectivity index (χ0n) is 12.0. The summed E-state index contributed by atoms with van der Waals surface area (Å²) in [6.07, 6.45) is 0. The molecule has 0 bridgehead atoms. The van der Waals surface area contributed by atoms with E-state index in [9.17, 15) is 4.79 Å². The normalized spacial score (nSPS) is 10.1. The molecule has 0 aliphatic carbocycles. The molecule has 0 heterocycles. The molecule has 0 spiro atoms. The van der Waals surface area contributed by atoms with Crippen molar-refractivity contribution < 1.29 is 14.3 Å². The average molecular weight is 285 g/mol. The van der Waals surface area contributed by atoms with Gasteiger partial charge in [-0.2, -0.15) is 0 Å². The van der Waals surface area contributed by atoms with E-state index in [2.05, 4.69) is 10.1 Å². The Bertz CT molecular complexity index is 552. The van der Waals surface area contributed by atoms with Crippen LogP contribution in [0.2, 0.25) is 0 Å². The number of rotatable bonds is 7. The second-order valence-electron chi connectivity index (χ2n) is 4.53. The number of benzene rings is 2. The van der Waals surface area contributed by atoms with Gasteiger partial charge in [-0.25, -0.2) is 4.79 Å². The summed E-state index contributed by atoms with van der Waals surface area (Å²) >= 11 is 0. The Morgan fingerprint density at radius 3 is 2.43 bits per heavy atom. The average Bonchev–Trinajstić information content (AvgIpc) is 2.55. The monoisotopic (exact) mass is 285 g/mol. The Kier molecular flexibility index (Phi) is 5.79. The highest BCUT2D eigenvalue weighted by atomic mass is 16.5. The van der Waals surface area contributed by atoms with Crippen molar-refractivity contribution in [2.75, 3.05) is 20.3 Å². The molecule has 110 valence electrons. The summed E-state index contributed by atoms with van der Waals surface area (Å²) in [5, 5.41) is 3.29. The largest absolute Gasteiger partial charge is 0.492 e. The van der Waals surface area contributed by atoms with E-state index < -0.39 is 0 Å². The number of carbonyl (C=O) groups is 1. The quantitative estimate of drug-likeness (QED) is 0.627. The van der Waals surface area contributed by atoms with E-state index in [0.29, 0.717) is 12.2 Å². The van der Waals surface area contributed by atoms with Crippen LogP contribution >= 0.6 is 0 Å². The molecule has 0 aliphatic rings. The maximum Gasteiger partial charge on any atom is 0.337 e. The van der Waals surface area contributed by atoms with Crippen molar-refractivity contribution in [1.29, 1.82) is 0 Å². The van der Waals surface area contributed by atoms with Gasteiger partial charge in [-0.1, -0.05) is 30.3 Å². The highest BCUT2D eigenvalue weighted by molar-refractivity contribution is 5.89. The maximum absolute atomic E-state index is 11.3. The molecule has 4 heteroatoms. The minimum Gasteiger partial charge on any atom is -0.492 e. The van der Waals surface area contributed by atoms with Crippen LogP contribution < -0.4 is 10.1 Å². The molecule has 2 aromatic rings. The Morgan fingerprint density at radius 2 is 1.76 bits per heavy atom. The first-order chi connectivity index (χ1) is 10.3. The van der Waals surface area contributed by atoms with Crippen LogP contribution in [0.3, 0.4) is 0 Å². The van der Waals surface area contributed by atoms with E-state index >= 15 is 0 Å². The van der Waals surface area contributed by atoms with E-state index in [1.54, 1.807) is 12.1 Å². The molecule has 4 nitrogen and oxygen atoms in total. The van der Waals surface area contributed by atoms with Crippen LogP contribution in [-0.2, 0) is 11.3 Å². The van der Waals surface area contributed by atoms with Gasteiger partial charge in [0.2, 0.25) is 0 Å². The molecule has 1 N–H and O–H groups in total. The van der Waals surface area contributed by atoms with Crippen molar-refractivity contribution in [2.24, 2.45) is 0 Å². The van der Waals surface area contributed by atoms with Crippen LogP contribution in [0.5, 0.6) is 5.75 Å². The van der Waals surface area contributed by atoms with E-state index in [1.165, 1.54) is 7.11 Å². The van der Waals surface area contributed by atoms with Gasteiger partial charge in [-0.15, -0.1) is 0 Å². The summed E-state index contributed by atoms with van der Waals surface area (Å²) in [6, 6.07) is 17.1. The van der Waals surface area contributed by atoms with Gasteiger partial charge in [0.15, 0.2) is 0 Å². The van der Waals surface area contributed by atoms with Gasteiger partial charge in [0.25, 0.3) is 0 Å². The van der Waals surface area contributed by atoms with Crippen LogP contribution in [0.1, 0.15) is 15.9 Å². The topological polar surface area (TPSA) is 47.6 Å². The number of ether oxygens (including phenoxy) is 2. The van der Waals surface area contributed by atoms with Crippen LogP contribution in [0.4, 0.5) is 0 Å². The second-order valence-corrected chi connectivity index (χ2v) is 4.53. The number of methoxy groups -OCH3 is 1.